The van der Waals surface area contributed by atoms with E-state index in [-0.39, 0.29) is 24.5 Å². The molecule has 100 valence electrons. The molecule has 17 heavy (non-hydrogen) atoms. The largest absolute Gasteiger partial charge is 0.385 e. The van der Waals surface area contributed by atoms with Crippen molar-refractivity contribution in [2.24, 2.45) is 11.7 Å². The lowest BCUT2D eigenvalue weighted by atomic mass is 9.95. The van der Waals surface area contributed by atoms with Gasteiger partial charge in [-0.25, -0.2) is 0 Å². The first-order valence-corrected chi connectivity index (χ1v) is 6.28. The number of amides is 1. The van der Waals surface area contributed by atoms with Gasteiger partial charge < -0.3 is 20.9 Å². The molecule has 5 nitrogen and oxygen atoms in total. The lowest BCUT2D eigenvalue weighted by Gasteiger charge is -2.27. The van der Waals surface area contributed by atoms with E-state index in [9.17, 15) is 9.90 Å². The molecule has 0 spiro atoms. The average Bonchev–Trinajstić information content (AvgIpc) is 2.65. The summed E-state index contributed by atoms with van der Waals surface area (Å²) in [6.07, 6.45) is 1.16. The topological polar surface area (TPSA) is 84.6 Å². The third-order valence-electron chi connectivity index (χ3n) is 3.79. The van der Waals surface area contributed by atoms with Crippen LogP contribution >= 0.6 is 0 Å². The van der Waals surface area contributed by atoms with Gasteiger partial charge in [-0.2, -0.15) is 0 Å². The molecule has 1 fully saturated rings. The number of nitrogens with two attached hydrogens (primary N) is 1. The van der Waals surface area contributed by atoms with Crippen LogP contribution < -0.4 is 11.1 Å². The van der Waals surface area contributed by atoms with E-state index in [0.717, 1.165) is 6.42 Å². The molecule has 4 N–H and O–H groups in total. The minimum atomic E-state index is -0.954. The van der Waals surface area contributed by atoms with Gasteiger partial charge in [-0.3, -0.25) is 4.79 Å². The standard InChI is InChI=1S/C12H24N2O3/c1-4-8(2)10(13)11(15)14-7-12(16)5-6-17-9(12)3/h8-10,16H,4-7,13H2,1-3H3,(H,14,15). The van der Waals surface area contributed by atoms with Gasteiger partial charge in [0.05, 0.1) is 12.1 Å². The Morgan fingerprint density at radius 1 is 1.71 bits per heavy atom. The summed E-state index contributed by atoms with van der Waals surface area (Å²) in [5.74, 6) is -0.0613. The third-order valence-corrected chi connectivity index (χ3v) is 3.79. The van der Waals surface area contributed by atoms with E-state index in [4.69, 9.17) is 10.5 Å². The Labute approximate surface area is 103 Å². The highest BCUT2D eigenvalue weighted by molar-refractivity contribution is 5.81. The van der Waals surface area contributed by atoms with Crippen molar-refractivity contribution in [1.82, 2.24) is 5.32 Å². The zero-order valence-electron chi connectivity index (χ0n) is 10.9. The maximum Gasteiger partial charge on any atom is 0.237 e. The molecule has 0 aromatic rings. The summed E-state index contributed by atoms with van der Waals surface area (Å²) >= 11 is 0. The first-order chi connectivity index (χ1) is 7.90. The number of hydrogen-bond donors (Lipinski definition) is 3. The van der Waals surface area contributed by atoms with Gasteiger partial charge in [0.2, 0.25) is 5.91 Å². The monoisotopic (exact) mass is 244 g/mol. The van der Waals surface area contributed by atoms with Crippen LogP contribution in [0.25, 0.3) is 0 Å². The fourth-order valence-electron chi connectivity index (χ4n) is 1.87. The molecule has 0 aliphatic carbocycles. The molecule has 5 heteroatoms. The van der Waals surface area contributed by atoms with Crippen molar-refractivity contribution in [3.8, 4) is 0 Å². The van der Waals surface area contributed by atoms with Crippen LogP contribution in [0, 0.1) is 5.92 Å². The Bertz CT molecular complexity index is 272. The SMILES string of the molecule is CCC(C)C(N)C(=O)NCC1(O)CCOC1C. The number of rotatable bonds is 5. The van der Waals surface area contributed by atoms with Crippen LogP contribution in [0.4, 0.5) is 0 Å². The molecular weight excluding hydrogens is 220 g/mol. The van der Waals surface area contributed by atoms with Gasteiger partial charge in [0.15, 0.2) is 0 Å². The molecule has 0 aromatic carbocycles. The molecule has 1 rings (SSSR count). The lowest BCUT2D eigenvalue weighted by molar-refractivity contribution is -0.125. The predicted molar refractivity (Wildman–Crippen MR) is 65.4 cm³/mol. The van der Waals surface area contributed by atoms with Crippen molar-refractivity contribution in [3.05, 3.63) is 0 Å². The zero-order valence-corrected chi connectivity index (χ0v) is 10.9. The summed E-state index contributed by atoms with van der Waals surface area (Å²) in [6.45, 7) is 6.49. The predicted octanol–water partition coefficient (Wildman–Crippen LogP) is 0.0159. The Hall–Kier alpha value is -0.650. The first-order valence-electron chi connectivity index (χ1n) is 6.28. The summed E-state index contributed by atoms with van der Waals surface area (Å²) in [5.41, 5.74) is 4.86. The maximum absolute atomic E-state index is 11.8. The number of carbonyl (C=O) groups excluding carboxylic acids is 1. The van der Waals surface area contributed by atoms with Gasteiger partial charge in [0, 0.05) is 19.6 Å². The Balaban J connectivity index is 2.42. The number of nitrogens with one attached hydrogen (secondary N) is 1. The fourth-order valence-corrected chi connectivity index (χ4v) is 1.87. The molecule has 0 radical (unpaired) electrons. The van der Waals surface area contributed by atoms with Crippen LogP contribution in [0.2, 0.25) is 0 Å². The molecule has 1 saturated heterocycles. The Morgan fingerprint density at radius 3 is 2.82 bits per heavy atom. The van der Waals surface area contributed by atoms with E-state index < -0.39 is 11.6 Å². The minimum Gasteiger partial charge on any atom is -0.385 e. The summed E-state index contributed by atoms with van der Waals surface area (Å²) < 4.78 is 5.30. The van der Waals surface area contributed by atoms with Crippen LogP contribution in [0.5, 0.6) is 0 Å². The summed E-state index contributed by atoms with van der Waals surface area (Å²) in [4.78, 5) is 11.8. The molecule has 4 unspecified atom stereocenters. The molecule has 1 aliphatic heterocycles. The average molecular weight is 244 g/mol. The molecule has 1 aliphatic rings. The van der Waals surface area contributed by atoms with Crippen molar-refractivity contribution in [2.45, 2.75) is 51.4 Å². The second kappa shape index (κ2) is 5.80. The number of ether oxygens (including phenoxy) is 1. The van der Waals surface area contributed by atoms with Gasteiger partial charge in [0.1, 0.15) is 5.60 Å². The van der Waals surface area contributed by atoms with E-state index in [1.54, 1.807) is 0 Å². The van der Waals surface area contributed by atoms with Gasteiger partial charge in [-0.1, -0.05) is 20.3 Å². The highest BCUT2D eigenvalue weighted by Crippen LogP contribution is 2.24. The smallest absolute Gasteiger partial charge is 0.237 e. The van der Waals surface area contributed by atoms with Crippen molar-refractivity contribution in [3.63, 3.8) is 0 Å². The zero-order chi connectivity index (χ0) is 13.1. The second-order valence-electron chi connectivity index (χ2n) is 5.00. The van der Waals surface area contributed by atoms with E-state index in [1.165, 1.54) is 0 Å². The second-order valence-corrected chi connectivity index (χ2v) is 5.00. The van der Waals surface area contributed by atoms with Crippen molar-refractivity contribution < 1.29 is 14.6 Å². The third kappa shape index (κ3) is 3.40. The number of carbonyl (C=O) groups is 1. The molecule has 4 atom stereocenters. The fraction of sp³-hybridized carbons (Fsp3) is 0.917. The maximum atomic E-state index is 11.8. The van der Waals surface area contributed by atoms with Crippen LogP contribution in [-0.4, -0.2) is 41.9 Å². The molecule has 1 amide bonds. The van der Waals surface area contributed by atoms with Gasteiger partial charge in [0.25, 0.3) is 0 Å². The molecular formula is C12H24N2O3. The Kier molecular flexibility index (Phi) is 4.91. The van der Waals surface area contributed by atoms with E-state index in [0.29, 0.717) is 13.0 Å². The molecule has 0 bridgehead atoms. The van der Waals surface area contributed by atoms with Crippen LogP contribution in [-0.2, 0) is 9.53 Å². The lowest BCUT2D eigenvalue weighted by Crippen LogP contribution is -2.52. The van der Waals surface area contributed by atoms with Gasteiger partial charge in [-0.05, 0) is 12.8 Å². The normalized spacial score (nSPS) is 32.2. The van der Waals surface area contributed by atoms with E-state index >= 15 is 0 Å². The highest BCUT2D eigenvalue weighted by Gasteiger charge is 2.40. The molecule has 1 heterocycles. The van der Waals surface area contributed by atoms with E-state index in [1.807, 2.05) is 20.8 Å². The van der Waals surface area contributed by atoms with Crippen LogP contribution in [0.3, 0.4) is 0 Å². The summed E-state index contributed by atoms with van der Waals surface area (Å²) in [5, 5.41) is 12.9. The van der Waals surface area contributed by atoms with Gasteiger partial charge >= 0.3 is 0 Å². The Morgan fingerprint density at radius 2 is 2.35 bits per heavy atom. The minimum absolute atomic E-state index is 0.141. The van der Waals surface area contributed by atoms with Crippen LogP contribution in [0.1, 0.15) is 33.6 Å². The van der Waals surface area contributed by atoms with E-state index in [2.05, 4.69) is 5.32 Å². The van der Waals surface area contributed by atoms with Crippen LogP contribution in [0.15, 0.2) is 0 Å². The highest BCUT2D eigenvalue weighted by atomic mass is 16.5. The van der Waals surface area contributed by atoms with Gasteiger partial charge in [-0.15, -0.1) is 0 Å². The summed E-state index contributed by atoms with van der Waals surface area (Å²) in [6, 6.07) is -0.513. The van der Waals surface area contributed by atoms with Crippen molar-refractivity contribution in [1.29, 1.82) is 0 Å². The quantitative estimate of drug-likeness (QED) is 0.636. The van der Waals surface area contributed by atoms with Crippen molar-refractivity contribution in [2.75, 3.05) is 13.2 Å². The molecule has 0 saturated carbocycles. The number of aliphatic hydroxyl groups is 1. The first kappa shape index (κ1) is 14.4. The van der Waals surface area contributed by atoms with Crippen molar-refractivity contribution >= 4 is 5.91 Å². The summed E-state index contributed by atoms with van der Waals surface area (Å²) in [7, 11) is 0. The molecule has 0 aromatic heterocycles. The number of hydrogen-bond acceptors (Lipinski definition) is 4.